The van der Waals surface area contributed by atoms with Gasteiger partial charge in [0, 0.05) is 11.1 Å². The summed E-state index contributed by atoms with van der Waals surface area (Å²) in [7, 11) is 0. The van der Waals surface area contributed by atoms with E-state index in [-0.39, 0.29) is 17.4 Å². The molecule has 0 atom stereocenters. The van der Waals surface area contributed by atoms with Crippen molar-refractivity contribution in [2.45, 2.75) is 6.18 Å². The first kappa shape index (κ1) is 11.2. The van der Waals surface area contributed by atoms with Crippen LogP contribution in [0.15, 0.2) is 18.2 Å². The van der Waals surface area contributed by atoms with Crippen molar-refractivity contribution in [2.75, 3.05) is 0 Å². The van der Waals surface area contributed by atoms with Crippen molar-refractivity contribution < 1.29 is 22.8 Å². The zero-order valence-electron chi connectivity index (χ0n) is 7.34. The van der Waals surface area contributed by atoms with E-state index in [2.05, 4.69) is 0 Å². The highest BCUT2D eigenvalue weighted by Gasteiger charge is 2.31. The highest BCUT2D eigenvalue weighted by atomic mass is 19.4. The van der Waals surface area contributed by atoms with Gasteiger partial charge in [-0.05, 0) is 18.2 Å². The molecule has 0 aliphatic rings. The Morgan fingerprint density at radius 1 is 1.33 bits per heavy atom. The van der Waals surface area contributed by atoms with Crippen LogP contribution in [0, 0.1) is 0 Å². The van der Waals surface area contributed by atoms with Crippen molar-refractivity contribution >= 4 is 12.2 Å². The molecular formula is C9H6F3NO2. The van der Waals surface area contributed by atoms with Gasteiger partial charge in [0.25, 0.3) is 0 Å². The first-order valence-corrected chi connectivity index (χ1v) is 3.82. The summed E-state index contributed by atoms with van der Waals surface area (Å²) in [6.45, 7) is 0. The first-order valence-electron chi connectivity index (χ1n) is 3.82. The minimum Gasteiger partial charge on any atom is -0.366 e. The monoisotopic (exact) mass is 217 g/mol. The smallest absolute Gasteiger partial charge is 0.366 e. The Hall–Kier alpha value is -1.85. The zero-order chi connectivity index (χ0) is 11.6. The summed E-state index contributed by atoms with van der Waals surface area (Å²) in [6.07, 6.45) is -4.39. The van der Waals surface area contributed by atoms with Gasteiger partial charge in [0.1, 0.15) is 0 Å². The molecule has 1 aromatic carbocycles. The summed E-state index contributed by atoms with van der Waals surface area (Å²) in [5.74, 6) is -0.939. The van der Waals surface area contributed by atoms with Crippen molar-refractivity contribution in [3.8, 4) is 0 Å². The van der Waals surface area contributed by atoms with Crippen LogP contribution in [0.1, 0.15) is 26.3 Å². The average molecular weight is 217 g/mol. The van der Waals surface area contributed by atoms with E-state index in [0.717, 1.165) is 6.07 Å². The predicted octanol–water partition coefficient (Wildman–Crippen LogP) is 1.62. The summed E-state index contributed by atoms with van der Waals surface area (Å²) in [5.41, 5.74) is 3.29. The molecule has 6 heteroatoms. The van der Waals surface area contributed by atoms with Crippen molar-refractivity contribution in [1.29, 1.82) is 0 Å². The molecular weight excluding hydrogens is 211 g/mol. The van der Waals surface area contributed by atoms with E-state index in [1.54, 1.807) is 0 Å². The number of carbonyl (C=O) groups is 2. The number of amides is 1. The standard InChI is InChI=1S/C9H6F3NO2/c10-9(11,12)6-1-2-7(8(13)15)5(3-6)4-14/h1-4H,(H2,13,15). The third kappa shape index (κ3) is 2.34. The van der Waals surface area contributed by atoms with Crippen molar-refractivity contribution in [3.05, 3.63) is 34.9 Å². The Balaban J connectivity index is 3.31. The van der Waals surface area contributed by atoms with Gasteiger partial charge in [-0.3, -0.25) is 9.59 Å². The van der Waals surface area contributed by atoms with Gasteiger partial charge in [-0.1, -0.05) is 0 Å². The SMILES string of the molecule is NC(=O)c1ccc(C(F)(F)F)cc1C=O. The molecule has 80 valence electrons. The molecule has 0 spiro atoms. The number of aldehydes is 1. The lowest BCUT2D eigenvalue weighted by Crippen LogP contribution is -2.15. The number of hydrogen-bond acceptors (Lipinski definition) is 2. The Morgan fingerprint density at radius 3 is 2.33 bits per heavy atom. The van der Waals surface area contributed by atoms with Crippen LogP contribution in [-0.4, -0.2) is 12.2 Å². The molecule has 3 nitrogen and oxygen atoms in total. The fraction of sp³-hybridized carbons (Fsp3) is 0.111. The second-order valence-electron chi connectivity index (χ2n) is 2.78. The molecule has 0 aliphatic heterocycles. The first-order chi connectivity index (χ1) is 6.86. The van der Waals surface area contributed by atoms with Crippen LogP contribution in [0.4, 0.5) is 13.2 Å². The fourth-order valence-corrected chi connectivity index (χ4v) is 1.06. The van der Waals surface area contributed by atoms with Gasteiger partial charge in [-0.2, -0.15) is 13.2 Å². The van der Waals surface area contributed by atoms with Crippen LogP contribution >= 0.6 is 0 Å². The van der Waals surface area contributed by atoms with E-state index >= 15 is 0 Å². The van der Waals surface area contributed by atoms with Crippen LogP contribution in [0.25, 0.3) is 0 Å². The minimum absolute atomic E-state index is 0.162. The highest BCUT2D eigenvalue weighted by molar-refractivity contribution is 6.00. The summed E-state index contributed by atoms with van der Waals surface area (Å²) in [6, 6.07) is 2.18. The van der Waals surface area contributed by atoms with Crippen LogP contribution in [0.3, 0.4) is 0 Å². The van der Waals surface area contributed by atoms with E-state index < -0.39 is 17.6 Å². The van der Waals surface area contributed by atoms with E-state index in [0.29, 0.717) is 12.1 Å². The van der Waals surface area contributed by atoms with Gasteiger partial charge >= 0.3 is 6.18 Å². The van der Waals surface area contributed by atoms with Gasteiger partial charge in [-0.25, -0.2) is 0 Å². The van der Waals surface area contributed by atoms with Crippen molar-refractivity contribution in [3.63, 3.8) is 0 Å². The Kier molecular flexibility index (Phi) is 2.78. The summed E-state index contributed by atoms with van der Waals surface area (Å²) >= 11 is 0. The third-order valence-electron chi connectivity index (χ3n) is 1.77. The molecule has 0 heterocycles. The number of primary amides is 1. The number of halogens is 3. The summed E-state index contributed by atoms with van der Waals surface area (Å²) in [5, 5.41) is 0. The molecule has 15 heavy (non-hydrogen) atoms. The van der Waals surface area contributed by atoms with Crippen LogP contribution in [0.5, 0.6) is 0 Å². The number of alkyl halides is 3. The van der Waals surface area contributed by atoms with Crippen molar-refractivity contribution in [2.24, 2.45) is 5.73 Å². The van der Waals surface area contributed by atoms with E-state index in [1.807, 2.05) is 0 Å². The van der Waals surface area contributed by atoms with Gasteiger partial charge in [-0.15, -0.1) is 0 Å². The average Bonchev–Trinajstić information content (AvgIpc) is 2.15. The maximum Gasteiger partial charge on any atom is 0.416 e. The Bertz CT molecular complexity index is 412. The van der Waals surface area contributed by atoms with Gasteiger partial charge < -0.3 is 5.73 Å². The zero-order valence-corrected chi connectivity index (χ0v) is 7.34. The van der Waals surface area contributed by atoms with Gasteiger partial charge in [0.2, 0.25) is 5.91 Å². The molecule has 2 N–H and O–H groups in total. The molecule has 0 saturated carbocycles. The number of carbonyl (C=O) groups excluding carboxylic acids is 2. The molecule has 0 aromatic heterocycles. The third-order valence-corrected chi connectivity index (χ3v) is 1.77. The maximum absolute atomic E-state index is 12.2. The fourth-order valence-electron chi connectivity index (χ4n) is 1.06. The molecule has 0 bridgehead atoms. The lowest BCUT2D eigenvalue weighted by atomic mass is 10.0. The van der Waals surface area contributed by atoms with Crippen LogP contribution in [-0.2, 0) is 6.18 Å². The summed E-state index contributed by atoms with van der Waals surface area (Å²) in [4.78, 5) is 21.2. The number of hydrogen-bond donors (Lipinski definition) is 1. The lowest BCUT2D eigenvalue weighted by Gasteiger charge is -2.08. The lowest BCUT2D eigenvalue weighted by molar-refractivity contribution is -0.137. The molecule has 0 radical (unpaired) electrons. The molecule has 0 saturated heterocycles. The largest absolute Gasteiger partial charge is 0.416 e. The minimum atomic E-state index is -4.55. The molecule has 1 amide bonds. The van der Waals surface area contributed by atoms with Crippen LogP contribution < -0.4 is 5.73 Å². The molecule has 1 rings (SSSR count). The highest BCUT2D eigenvalue weighted by Crippen LogP contribution is 2.30. The predicted molar refractivity (Wildman–Crippen MR) is 45.3 cm³/mol. The quantitative estimate of drug-likeness (QED) is 0.765. The molecule has 1 aromatic rings. The second-order valence-corrected chi connectivity index (χ2v) is 2.78. The molecule has 0 fully saturated rings. The summed E-state index contributed by atoms with van der Waals surface area (Å²) < 4.78 is 36.6. The number of benzene rings is 1. The van der Waals surface area contributed by atoms with Gasteiger partial charge in [0.05, 0.1) is 5.56 Å². The molecule has 0 aliphatic carbocycles. The topological polar surface area (TPSA) is 60.2 Å². The van der Waals surface area contributed by atoms with Crippen molar-refractivity contribution in [1.82, 2.24) is 0 Å². The van der Waals surface area contributed by atoms with E-state index in [1.165, 1.54) is 0 Å². The second kappa shape index (κ2) is 3.72. The normalized spacial score (nSPS) is 11.1. The van der Waals surface area contributed by atoms with E-state index in [9.17, 15) is 22.8 Å². The molecule has 0 unspecified atom stereocenters. The maximum atomic E-state index is 12.2. The Morgan fingerprint density at radius 2 is 1.93 bits per heavy atom. The number of rotatable bonds is 2. The Labute approximate surface area is 82.7 Å². The van der Waals surface area contributed by atoms with Crippen LogP contribution in [0.2, 0.25) is 0 Å². The van der Waals surface area contributed by atoms with E-state index in [4.69, 9.17) is 5.73 Å². The van der Waals surface area contributed by atoms with Gasteiger partial charge in [0.15, 0.2) is 6.29 Å². The number of nitrogens with two attached hydrogens (primary N) is 1.